The predicted molar refractivity (Wildman–Crippen MR) is 65.8 cm³/mol. The number of hydrogen-bond acceptors (Lipinski definition) is 4. The molecule has 1 aromatic rings. The van der Waals surface area contributed by atoms with Crippen LogP contribution in [0.4, 0.5) is 0 Å². The van der Waals surface area contributed by atoms with E-state index in [1.807, 2.05) is 12.1 Å². The van der Waals surface area contributed by atoms with Crippen molar-refractivity contribution in [2.75, 3.05) is 6.61 Å². The van der Waals surface area contributed by atoms with Crippen molar-refractivity contribution in [2.24, 2.45) is 5.73 Å². The molecule has 94 valence electrons. The van der Waals surface area contributed by atoms with Crippen LogP contribution >= 0.6 is 0 Å². The van der Waals surface area contributed by atoms with Gasteiger partial charge < -0.3 is 15.6 Å². The van der Waals surface area contributed by atoms with Crippen molar-refractivity contribution in [3.8, 4) is 5.75 Å². The molecule has 4 nitrogen and oxygen atoms in total. The molecule has 0 aliphatic rings. The van der Waals surface area contributed by atoms with E-state index < -0.39 is 18.6 Å². The molecular weight excluding hydrogens is 218 g/mol. The summed E-state index contributed by atoms with van der Waals surface area (Å²) in [7, 11) is 0. The Balaban J connectivity index is 2.53. The molecule has 4 heteroatoms. The number of aliphatic hydroxyl groups excluding tert-OH is 1. The molecule has 0 spiro atoms. The van der Waals surface area contributed by atoms with Crippen molar-refractivity contribution in [3.63, 3.8) is 0 Å². The lowest BCUT2D eigenvalue weighted by Crippen LogP contribution is -2.37. The van der Waals surface area contributed by atoms with Crippen molar-refractivity contribution in [1.82, 2.24) is 0 Å². The molecule has 3 N–H and O–H groups in total. The smallest absolute Gasteiger partial charge is 0.330 e. The Kier molecular flexibility index (Phi) is 5.66. The molecule has 0 radical (unpaired) electrons. The molecular formula is C13H19NO3. The Labute approximate surface area is 101 Å². The second kappa shape index (κ2) is 7.04. The maximum Gasteiger partial charge on any atom is 0.330 e. The van der Waals surface area contributed by atoms with Crippen LogP contribution in [0.1, 0.15) is 25.3 Å². The average molecular weight is 237 g/mol. The van der Waals surface area contributed by atoms with Gasteiger partial charge in [-0.3, -0.25) is 0 Å². The Bertz CT molecular complexity index is 348. The monoisotopic (exact) mass is 237 g/mol. The number of ether oxygens (including phenoxy) is 1. The molecule has 0 amide bonds. The number of carbonyl (C=O) groups is 1. The van der Waals surface area contributed by atoms with Crippen LogP contribution in [0.15, 0.2) is 24.3 Å². The Morgan fingerprint density at radius 1 is 1.41 bits per heavy atom. The molecule has 1 atom stereocenters. The van der Waals surface area contributed by atoms with E-state index in [0.29, 0.717) is 5.75 Å². The number of aryl methyl sites for hydroxylation is 1. The summed E-state index contributed by atoms with van der Waals surface area (Å²) in [6, 6.07) is 6.38. The zero-order chi connectivity index (χ0) is 12.7. The lowest BCUT2D eigenvalue weighted by atomic mass is 10.1. The standard InChI is InChI=1S/C13H19NO3/c1-2-3-4-10-5-7-11(8-6-10)17-13(16)12(14)9-15/h5-8,12,15H,2-4,9,14H2,1H3. The van der Waals surface area contributed by atoms with E-state index in [2.05, 4.69) is 6.92 Å². The van der Waals surface area contributed by atoms with Crippen LogP contribution < -0.4 is 10.5 Å². The summed E-state index contributed by atoms with van der Waals surface area (Å²) in [5.74, 6) is -0.159. The van der Waals surface area contributed by atoms with Crippen LogP contribution in [-0.2, 0) is 11.2 Å². The van der Waals surface area contributed by atoms with Gasteiger partial charge in [0.15, 0.2) is 0 Å². The largest absolute Gasteiger partial charge is 0.425 e. The summed E-state index contributed by atoms with van der Waals surface area (Å²) in [5, 5.41) is 8.70. The molecule has 1 aromatic carbocycles. The van der Waals surface area contributed by atoms with Crippen molar-refractivity contribution >= 4 is 5.97 Å². The third kappa shape index (κ3) is 4.54. The van der Waals surface area contributed by atoms with E-state index in [1.165, 1.54) is 5.56 Å². The minimum Gasteiger partial charge on any atom is -0.425 e. The molecule has 0 aliphatic heterocycles. The van der Waals surface area contributed by atoms with E-state index in [4.69, 9.17) is 15.6 Å². The Morgan fingerprint density at radius 3 is 2.59 bits per heavy atom. The normalized spacial score (nSPS) is 12.2. The van der Waals surface area contributed by atoms with E-state index in [-0.39, 0.29) is 0 Å². The van der Waals surface area contributed by atoms with Crippen molar-refractivity contribution in [2.45, 2.75) is 32.2 Å². The summed E-state index contributed by atoms with van der Waals surface area (Å²) >= 11 is 0. The van der Waals surface area contributed by atoms with E-state index in [0.717, 1.165) is 19.3 Å². The SMILES string of the molecule is CCCCc1ccc(OC(=O)C(N)CO)cc1. The zero-order valence-electron chi connectivity index (χ0n) is 10.1. The summed E-state index contributed by atoms with van der Waals surface area (Å²) < 4.78 is 5.00. The fourth-order valence-electron chi connectivity index (χ4n) is 1.37. The number of benzene rings is 1. The molecule has 0 saturated heterocycles. The minimum atomic E-state index is -0.977. The predicted octanol–water partition coefficient (Wildman–Crippen LogP) is 1.25. The highest BCUT2D eigenvalue weighted by atomic mass is 16.5. The highest BCUT2D eigenvalue weighted by Crippen LogP contribution is 2.14. The number of carbonyl (C=O) groups excluding carboxylic acids is 1. The summed E-state index contributed by atoms with van der Waals surface area (Å²) in [5.41, 5.74) is 6.56. The van der Waals surface area contributed by atoms with Gasteiger partial charge in [0.1, 0.15) is 11.8 Å². The number of aliphatic hydroxyl groups is 1. The van der Waals surface area contributed by atoms with Gasteiger partial charge in [0.05, 0.1) is 6.61 Å². The number of rotatable bonds is 6. The second-order valence-electron chi connectivity index (χ2n) is 3.96. The Hall–Kier alpha value is -1.39. The van der Waals surface area contributed by atoms with Crippen molar-refractivity contribution < 1.29 is 14.6 Å². The van der Waals surface area contributed by atoms with E-state index in [1.54, 1.807) is 12.1 Å². The summed E-state index contributed by atoms with van der Waals surface area (Å²) in [4.78, 5) is 11.3. The van der Waals surface area contributed by atoms with Gasteiger partial charge in [-0.25, -0.2) is 4.79 Å². The highest BCUT2D eigenvalue weighted by molar-refractivity contribution is 5.78. The number of hydrogen-bond donors (Lipinski definition) is 2. The molecule has 0 bridgehead atoms. The molecule has 1 unspecified atom stereocenters. The van der Waals surface area contributed by atoms with Gasteiger partial charge in [0.2, 0.25) is 0 Å². The van der Waals surface area contributed by atoms with E-state index >= 15 is 0 Å². The highest BCUT2D eigenvalue weighted by Gasteiger charge is 2.14. The maximum atomic E-state index is 11.3. The zero-order valence-corrected chi connectivity index (χ0v) is 10.1. The van der Waals surface area contributed by atoms with E-state index in [9.17, 15) is 4.79 Å². The third-order valence-corrected chi connectivity index (χ3v) is 2.46. The first-order valence-electron chi connectivity index (χ1n) is 5.84. The fourth-order valence-corrected chi connectivity index (χ4v) is 1.37. The molecule has 0 heterocycles. The van der Waals surface area contributed by atoms with Gasteiger partial charge in [-0.05, 0) is 30.5 Å². The Morgan fingerprint density at radius 2 is 2.06 bits per heavy atom. The number of nitrogens with two attached hydrogens (primary N) is 1. The van der Waals surface area contributed by atoms with Gasteiger partial charge in [0.25, 0.3) is 0 Å². The maximum absolute atomic E-state index is 11.3. The topological polar surface area (TPSA) is 72.5 Å². The van der Waals surface area contributed by atoms with Gasteiger partial charge in [-0.1, -0.05) is 25.5 Å². The van der Waals surface area contributed by atoms with Gasteiger partial charge in [-0.2, -0.15) is 0 Å². The van der Waals surface area contributed by atoms with Gasteiger partial charge in [0, 0.05) is 0 Å². The molecule has 0 aliphatic carbocycles. The first-order chi connectivity index (χ1) is 8.17. The summed E-state index contributed by atoms with van der Waals surface area (Å²) in [6.07, 6.45) is 3.33. The summed E-state index contributed by atoms with van der Waals surface area (Å²) in [6.45, 7) is 1.74. The lowest BCUT2D eigenvalue weighted by molar-refractivity contribution is -0.136. The minimum absolute atomic E-state index is 0.409. The van der Waals surface area contributed by atoms with Crippen LogP contribution in [0, 0.1) is 0 Å². The molecule has 1 rings (SSSR count). The molecule has 0 aromatic heterocycles. The van der Waals surface area contributed by atoms with Crippen LogP contribution in [0.2, 0.25) is 0 Å². The van der Waals surface area contributed by atoms with Crippen LogP contribution in [-0.4, -0.2) is 23.7 Å². The third-order valence-electron chi connectivity index (χ3n) is 2.46. The second-order valence-corrected chi connectivity index (χ2v) is 3.96. The first-order valence-corrected chi connectivity index (χ1v) is 5.84. The van der Waals surface area contributed by atoms with Crippen molar-refractivity contribution in [3.05, 3.63) is 29.8 Å². The quantitative estimate of drug-likeness (QED) is 0.577. The van der Waals surface area contributed by atoms with Crippen LogP contribution in [0.25, 0.3) is 0 Å². The van der Waals surface area contributed by atoms with Crippen LogP contribution in [0.3, 0.4) is 0 Å². The number of unbranched alkanes of at least 4 members (excludes halogenated alkanes) is 1. The van der Waals surface area contributed by atoms with Crippen LogP contribution in [0.5, 0.6) is 5.75 Å². The first kappa shape index (κ1) is 13.7. The molecule has 17 heavy (non-hydrogen) atoms. The van der Waals surface area contributed by atoms with Gasteiger partial charge >= 0.3 is 5.97 Å². The molecule has 0 saturated carbocycles. The van der Waals surface area contributed by atoms with Gasteiger partial charge in [-0.15, -0.1) is 0 Å². The fraction of sp³-hybridized carbons (Fsp3) is 0.462. The van der Waals surface area contributed by atoms with Crippen molar-refractivity contribution in [1.29, 1.82) is 0 Å². The molecule has 0 fully saturated rings. The average Bonchev–Trinajstić information content (AvgIpc) is 2.37. The number of esters is 1. The lowest BCUT2D eigenvalue weighted by Gasteiger charge is -2.08.